The number of alkyl halides is 1. The predicted molar refractivity (Wildman–Crippen MR) is 73.1 cm³/mol. The summed E-state index contributed by atoms with van der Waals surface area (Å²) < 4.78 is 47.3. The third-order valence-corrected chi connectivity index (χ3v) is 4.91. The highest BCUT2D eigenvalue weighted by atomic mass is 35.5. The normalized spacial score (nSPS) is 12.3. The van der Waals surface area contributed by atoms with Crippen molar-refractivity contribution in [3.05, 3.63) is 29.8 Å². The van der Waals surface area contributed by atoms with Crippen LogP contribution >= 0.6 is 11.6 Å². The molecule has 8 heteroatoms. The number of sulfonamides is 1. The summed E-state index contributed by atoms with van der Waals surface area (Å²) in [4.78, 5) is 0. The zero-order valence-electron chi connectivity index (χ0n) is 9.76. The van der Waals surface area contributed by atoms with E-state index < -0.39 is 31.4 Å². The molecule has 0 aliphatic heterocycles. The number of benzene rings is 1. The van der Waals surface area contributed by atoms with Gasteiger partial charge in [0, 0.05) is 17.8 Å². The molecular formula is C10H14ClNO4S2. The standard InChI is InChI=1S/C10H14ClNO4S2/c1-17(13,14)6-7-18(15,16)12-10-4-2-9(8-11)3-5-10/h2-5,12H,6-8H2,1H3. The molecule has 0 unspecified atom stereocenters. The summed E-state index contributed by atoms with van der Waals surface area (Å²) in [7, 11) is -6.95. The van der Waals surface area contributed by atoms with Gasteiger partial charge in [-0.1, -0.05) is 12.1 Å². The molecule has 0 saturated heterocycles. The number of hydrogen-bond donors (Lipinski definition) is 1. The van der Waals surface area contributed by atoms with Crippen LogP contribution in [-0.2, 0) is 25.7 Å². The molecule has 0 fully saturated rings. The van der Waals surface area contributed by atoms with Crippen molar-refractivity contribution in [3.63, 3.8) is 0 Å². The summed E-state index contributed by atoms with van der Waals surface area (Å²) in [6, 6.07) is 6.55. The molecule has 0 aliphatic rings. The molecule has 5 nitrogen and oxygen atoms in total. The molecule has 0 saturated carbocycles. The minimum Gasteiger partial charge on any atom is -0.284 e. The molecule has 0 spiro atoms. The van der Waals surface area contributed by atoms with Gasteiger partial charge in [0.1, 0.15) is 9.84 Å². The first-order chi connectivity index (χ1) is 8.22. The Balaban J connectivity index is 2.70. The zero-order chi connectivity index (χ0) is 13.8. The second kappa shape index (κ2) is 5.90. The Morgan fingerprint density at radius 2 is 1.61 bits per heavy atom. The van der Waals surface area contributed by atoms with Gasteiger partial charge in [-0.05, 0) is 17.7 Å². The second-order valence-electron chi connectivity index (χ2n) is 3.88. The first kappa shape index (κ1) is 15.3. The Hall–Kier alpha value is -0.790. The maximum absolute atomic E-state index is 11.6. The summed E-state index contributed by atoms with van der Waals surface area (Å²) >= 11 is 5.61. The van der Waals surface area contributed by atoms with Gasteiger partial charge in [0.05, 0.1) is 11.5 Å². The van der Waals surface area contributed by atoms with Crippen molar-refractivity contribution < 1.29 is 16.8 Å². The van der Waals surface area contributed by atoms with Gasteiger partial charge in [-0.2, -0.15) is 0 Å². The third kappa shape index (κ3) is 5.70. The minimum atomic E-state index is -3.65. The summed E-state index contributed by atoms with van der Waals surface area (Å²) in [5, 5.41) is 0. The summed E-state index contributed by atoms with van der Waals surface area (Å²) in [5.74, 6) is -0.508. The fourth-order valence-corrected chi connectivity index (χ4v) is 4.02. The van der Waals surface area contributed by atoms with E-state index in [9.17, 15) is 16.8 Å². The fraction of sp³-hybridized carbons (Fsp3) is 0.400. The monoisotopic (exact) mass is 311 g/mol. The summed E-state index contributed by atoms with van der Waals surface area (Å²) in [6.07, 6.45) is 0.998. The lowest BCUT2D eigenvalue weighted by Gasteiger charge is -2.07. The molecule has 0 atom stereocenters. The first-order valence-electron chi connectivity index (χ1n) is 5.05. The average Bonchev–Trinajstić information content (AvgIpc) is 2.26. The van der Waals surface area contributed by atoms with Crippen LogP contribution in [0.5, 0.6) is 0 Å². The van der Waals surface area contributed by atoms with E-state index in [0.717, 1.165) is 11.8 Å². The van der Waals surface area contributed by atoms with Crippen LogP contribution in [0.3, 0.4) is 0 Å². The number of anilines is 1. The van der Waals surface area contributed by atoms with Crippen molar-refractivity contribution >= 4 is 37.1 Å². The maximum Gasteiger partial charge on any atom is 0.233 e. The van der Waals surface area contributed by atoms with Crippen LogP contribution in [0.15, 0.2) is 24.3 Å². The van der Waals surface area contributed by atoms with Gasteiger partial charge in [0.2, 0.25) is 10.0 Å². The van der Waals surface area contributed by atoms with Gasteiger partial charge in [-0.25, -0.2) is 16.8 Å². The van der Waals surface area contributed by atoms with E-state index in [1.807, 2.05) is 0 Å². The molecule has 1 aromatic rings. The summed E-state index contributed by atoms with van der Waals surface area (Å²) in [5.41, 5.74) is 1.26. The van der Waals surface area contributed by atoms with Gasteiger partial charge in [0.15, 0.2) is 0 Å². The smallest absolute Gasteiger partial charge is 0.233 e. The molecule has 102 valence electrons. The molecule has 1 N–H and O–H groups in total. The van der Waals surface area contributed by atoms with Crippen LogP contribution < -0.4 is 4.72 Å². The van der Waals surface area contributed by atoms with E-state index in [1.54, 1.807) is 24.3 Å². The van der Waals surface area contributed by atoms with Crippen molar-refractivity contribution in [1.29, 1.82) is 0 Å². The van der Waals surface area contributed by atoms with Crippen LogP contribution in [-0.4, -0.2) is 34.6 Å². The summed E-state index contributed by atoms with van der Waals surface area (Å²) in [6.45, 7) is 0. The number of nitrogens with one attached hydrogen (secondary N) is 1. The SMILES string of the molecule is CS(=O)(=O)CCS(=O)(=O)Nc1ccc(CCl)cc1. The third-order valence-electron chi connectivity index (χ3n) is 2.10. The van der Waals surface area contributed by atoms with Gasteiger partial charge in [-0.3, -0.25) is 4.72 Å². The number of halogens is 1. The highest BCUT2D eigenvalue weighted by Gasteiger charge is 2.14. The lowest BCUT2D eigenvalue weighted by Crippen LogP contribution is -2.22. The van der Waals surface area contributed by atoms with Crippen molar-refractivity contribution in [2.75, 3.05) is 22.5 Å². The Morgan fingerprint density at radius 1 is 1.06 bits per heavy atom. The van der Waals surface area contributed by atoms with Crippen LogP contribution in [0.25, 0.3) is 0 Å². The van der Waals surface area contributed by atoms with Crippen molar-refractivity contribution in [3.8, 4) is 0 Å². The molecule has 0 bridgehead atoms. The molecule has 0 radical (unpaired) electrons. The van der Waals surface area contributed by atoms with Crippen molar-refractivity contribution in [2.24, 2.45) is 0 Å². The highest BCUT2D eigenvalue weighted by Crippen LogP contribution is 2.12. The van der Waals surface area contributed by atoms with E-state index >= 15 is 0 Å². The predicted octanol–water partition coefficient (Wildman–Crippen LogP) is 1.21. The zero-order valence-corrected chi connectivity index (χ0v) is 12.1. The van der Waals surface area contributed by atoms with E-state index in [-0.39, 0.29) is 0 Å². The number of sulfone groups is 1. The quantitative estimate of drug-likeness (QED) is 0.801. The molecule has 1 rings (SSSR count). The maximum atomic E-state index is 11.6. The number of hydrogen-bond acceptors (Lipinski definition) is 4. The molecular weight excluding hydrogens is 298 g/mol. The Kier molecular flexibility index (Phi) is 5.01. The van der Waals surface area contributed by atoms with Gasteiger partial charge < -0.3 is 0 Å². The highest BCUT2D eigenvalue weighted by molar-refractivity contribution is 7.95. The fourth-order valence-electron chi connectivity index (χ4n) is 1.15. The molecule has 0 aliphatic carbocycles. The van der Waals surface area contributed by atoms with Crippen molar-refractivity contribution in [1.82, 2.24) is 0 Å². The van der Waals surface area contributed by atoms with Crippen LogP contribution in [0.4, 0.5) is 5.69 Å². The van der Waals surface area contributed by atoms with E-state index in [1.165, 1.54) is 0 Å². The van der Waals surface area contributed by atoms with Gasteiger partial charge in [0.25, 0.3) is 0 Å². The lowest BCUT2D eigenvalue weighted by molar-refractivity contribution is 0.593. The van der Waals surface area contributed by atoms with Crippen molar-refractivity contribution in [2.45, 2.75) is 5.88 Å². The average molecular weight is 312 g/mol. The second-order valence-corrected chi connectivity index (χ2v) is 8.25. The van der Waals surface area contributed by atoms with Crippen LogP contribution in [0.1, 0.15) is 5.56 Å². The Bertz CT molecular complexity index is 593. The lowest BCUT2D eigenvalue weighted by atomic mass is 10.2. The largest absolute Gasteiger partial charge is 0.284 e. The van der Waals surface area contributed by atoms with Crippen LogP contribution in [0, 0.1) is 0 Å². The number of rotatable bonds is 6. The molecule has 0 heterocycles. The van der Waals surface area contributed by atoms with Gasteiger partial charge in [-0.15, -0.1) is 11.6 Å². The van der Waals surface area contributed by atoms with Crippen LogP contribution in [0.2, 0.25) is 0 Å². The van der Waals surface area contributed by atoms with Gasteiger partial charge >= 0.3 is 0 Å². The topological polar surface area (TPSA) is 80.3 Å². The first-order valence-corrected chi connectivity index (χ1v) is 9.30. The minimum absolute atomic E-state index is 0.348. The molecule has 0 amide bonds. The van der Waals surface area contributed by atoms with E-state index in [0.29, 0.717) is 11.6 Å². The molecule has 0 aromatic heterocycles. The molecule has 18 heavy (non-hydrogen) atoms. The molecule has 1 aromatic carbocycles. The Labute approximate surface area is 112 Å². The van der Waals surface area contributed by atoms with E-state index in [2.05, 4.69) is 4.72 Å². The van der Waals surface area contributed by atoms with E-state index in [4.69, 9.17) is 11.6 Å². The Morgan fingerprint density at radius 3 is 2.06 bits per heavy atom.